The molecule has 0 saturated carbocycles. The van der Waals surface area contributed by atoms with Gasteiger partial charge in [0.05, 0.1) is 24.0 Å². The van der Waals surface area contributed by atoms with E-state index in [-0.39, 0.29) is 35.4 Å². The Morgan fingerprint density at radius 3 is 2.50 bits per heavy atom. The molecule has 0 saturated heterocycles. The molecule has 0 bridgehead atoms. The van der Waals surface area contributed by atoms with Crippen LogP contribution in [0.4, 0.5) is 0 Å². The average molecular weight is 272 g/mol. The molecule has 2 unspecified atom stereocenters. The molecule has 0 aliphatic heterocycles. The van der Waals surface area contributed by atoms with Gasteiger partial charge < -0.3 is 0 Å². The molecule has 1 aliphatic carbocycles. The first kappa shape index (κ1) is 16.4. The van der Waals surface area contributed by atoms with Gasteiger partial charge in [0.1, 0.15) is 5.78 Å². The average Bonchev–Trinajstić information content (AvgIpc) is 2.42. The largest absolute Gasteiger partial charge is 0.299 e. The van der Waals surface area contributed by atoms with Crippen molar-refractivity contribution < 1.29 is 4.79 Å². The maximum atomic E-state index is 12.3. The molecule has 0 heterocycles. The normalized spacial score (nSPS) is 34.0. The highest BCUT2D eigenvalue weighted by Crippen LogP contribution is 2.36. The van der Waals surface area contributed by atoms with E-state index in [0.29, 0.717) is 0 Å². The van der Waals surface area contributed by atoms with Crippen molar-refractivity contribution in [3.05, 3.63) is 11.6 Å². The first-order valence-corrected chi connectivity index (χ1v) is 7.29. The van der Waals surface area contributed by atoms with Crippen LogP contribution in [-0.2, 0) is 4.79 Å². The molecule has 0 spiro atoms. The van der Waals surface area contributed by atoms with Gasteiger partial charge >= 0.3 is 0 Å². The summed E-state index contributed by atoms with van der Waals surface area (Å²) in [5.74, 6) is -0.765. The zero-order valence-electron chi connectivity index (χ0n) is 12.9. The monoisotopic (exact) mass is 272 g/mol. The van der Waals surface area contributed by atoms with Crippen LogP contribution in [0.25, 0.3) is 0 Å². The third kappa shape index (κ3) is 3.94. The number of carbonyl (C=O) groups is 1. The van der Waals surface area contributed by atoms with Crippen LogP contribution in [0.5, 0.6) is 0 Å². The Labute approximate surface area is 122 Å². The van der Waals surface area contributed by atoms with E-state index in [1.807, 2.05) is 20.8 Å². The molecule has 0 N–H and O–H groups in total. The first-order valence-electron chi connectivity index (χ1n) is 7.29. The van der Waals surface area contributed by atoms with Gasteiger partial charge in [-0.1, -0.05) is 32.4 Å². The predicted octanol–water partition coefficient (Wildman–Crippen LogP) is 4.02. The minimum atomic E-state index is -0.293. The summed E-state index contributed by atoms with van der Waals surface area (Å²) in [6.07, 6.45) is 4.80. The van der Waals surface area contributed by atoms with E-state index >= 15 is 0 Å². The van der Waals surface area contributed by atoms with Gasteiger partial charge in [0.15, 0.2) is 0 Å². The lowest BCUT2D eigenvalue weighted by atomic mass is 9.73. The second-order valence-electron chi connectivity index (χ2n) is 6.66. The maximum Gasteiger partial charge on any atom is 0.138 e. The third-order valence-electron chi connectivity index (χ3n) is 4.61. The molecular weight excluding hydrogens is 248 g/mol. The van der Waals surface area contributed by atoms with E-state index in [9.17, 15) is 15.3 Å². The standard InChI is InChI=1S/C17H24N2O/c1-12-5-6-14(10-18)13(2)16(20)9-15(11-19)17(3,4)8-7-12/h7,13-15H,5-6,8-9H2,1-4H3/b12-7+/t13-,14?,15?/m0/s1. The Morgan fingerprint density at radius 1 is 1.30 bits per heavy atom. The SMILES string of the molecule is C/C1=C\CC(C)(C)C(C#N)CC(=O)[C@@H](C)C(C#N)CC1. The minimum Gasteiger partial charge on any atom is -0.299 e. The van der Waals surface area contributed by atoms with E-state index in [4.69, 9.17) is 0 Å². The Bertz CT molecular complexity index is 476. The van der Waals surface area contributed by atoms with Gasteiger partial charge in [-0.05, 0) is 31.6 Å². The summed E-state index contributed by atoms with van der Waals surface area (Å²) in [5, 5.41) is 18.6. The molecule has 0 amide bonds. The fourth-order valence-corrected chi connectivity index (χ4v) is 2.60. The van der Waals surface area contributed by atoms with Crippen LogP contribution in [0.1, 0.15) is 53.4 Å². The number of nitrogens with zero attached hydrogens (tertiary/aromatic N) is 2. The Morgan fingerprint density at radius 2 is 1.95 bits per heavy atom. The van der Waals surface area contributed by atoms with Gasteiger partial charge in [0.2, 0.25) is 0 Å². The number of rotatable bonds is 0. The van der Waals surface area contributed by atoms with Gasteiger partial charge in [-0.2, -0.15) is 10.5 Å². The van der Waals surface area contributed by atoms with Gasteiger partial charge in [-0.25, -0.2) is 0 Å². The van der Waals surface area contributed by atoms with Crippen LogP contribution in [0.3, 0.4) is 0 Å². The number of nitriles is 2. The first-order chi connectivity index (χ1) is 9.31. The van der Waals surface area contributed by atoms with Crippen LogP contribution in [0.15, 0.2) is 11.6 Å². The van der Waals surface area contributed by atoms with Gasteiger partial charge in [0.25, 0.3) is 0 Å². The molecular formula is C17H24N2O. The van der Waals surface area contributed by atoms with Gasteiger partial charge in [-0.15, -0.1) is 0 Å². The number of ketones is 1. The van der Waals surface area contributed by atoms with E-state index in [1.54, 1.807) is 0 Å². The van der Waals surface area contributed by atoms with Crippen LogP contribution < -0.4 is 0 Å². The molecule has 0 fully saturated rings. The van der Waals surface area contributed by atoms with Crippen LogP contribution in [0.2, 0.25) is 0 Å². The summed E-state index contributed by atoms with van der Waals surface area (Å²) < 4.78 is 0. The third-order valence-corrected chi connectivity index (χ3v) is 4.61. The minimum absolute atomic E-state index is 0.0516. The number of carbonyl (C=O) groups excluding carboxylic acids is 1. The molecule has 1 aliphatic rings. The molecule has 20 heavy (non-hydrogen) atoms. The van der Waals surface area contributed by atoms with Gasteiger partial charge in [-0.3, -0.25) is 4.79 Å². The molecule has 1 rings (SSSR count). The van der Waals surface area contributed by atoms with Crippen LogP contribution in [-0.4, -0.2) is 5.78 Å². The fraction of sp³-hybridized carbons (Fsp3) is 0.706. The molecule has 3 atom stereocenters. The van der Waals surface area contributed by atoms with Crippen molar-refractivity contribution in [1.82, 2.24) is 0 Å². The van der Waals surface area contributed by atoms with E-state index in [2.05, 4.69) is 25.1 Å². The van der Waals surface area contributed by atoms with Crippen molar-refractivity contribution in [3.63, 3.8) is 0 Å². The van der Waals surface area contributed by atoms with Crippen molar-refractivity contribution in [2.24, 2.45) is 23.2 Å². The summed E-state index contributed by atoms with van der Waals surface area (Å²) in [6, 6.07) is 4.56. The summed E-state index contributed by atoms with van der Waals surface area (Å²) in [4.78, 5) is 12.3. The number of hydrogen-bond donors (Lipinski definition) is 0. The van der Waals surface area contributed by atoms with Crippen molar-refractivity contribution >= 4 is 5.78 Å². The molecule has 3 heteroatoms. The summed E-state index contributed by atoms with van der Waals surface area (Å²) in [7, 11) is 0. The molecule has 0 aromatic rings. The second kappa shape index (κ2) is 6.71. The molecule has 0 radical (unpaired) electrons. The number of allylic oxidation sites excluding steroid dienone is 2. The van der Waals surface area contributed by atoms with E-state index in [1.165, 1.54) is 5.57 Å². The lowest BCUT2D eigenvalue weighted by Crippen LogP contribution is -2.28. The van der Waals surface area contributed by atoms with Crippen molar-refractivity contribution in [1.29, 1.82) is 10.5 Å². The van der Waals surface area contributed by atoms with Crippen LogP contribution >= 0.6 is 0 Å². The van der Waals surface area contributed by atoms with Crippen molar-refractivity contribution in [2.45, 2.75) is 53.4 Å². The predicted molar refractivity (Wildman–Crippen MR) is 78.4 cm³/mol. The lowest BCUT2D eigenvalue weighted by molar-refractivity contribution is -0.124. The summed E-state index contributed by atoms with van der Waals surface area (Å²) in [5.41, 5.74) is 1.04. The van der Waals surface area contributed by atoms with Crippen LogP contribution in [0, 0.1) is 45.8 Å². The smallest absolute Gasteiger partial charge is 0.138 e. The maximum absolute atomic E-state index is 12.3. The van der Waals surface area contributed by atoms with E-state index < -0.39 is 0 Å². The summed E-state index contributed by atoms with van der Waals surface area (Å²) in [6.45, 7) is 7.98. The topological polar surface area (TPSA) is 64.7 Å². The van der Waals surface area contributed by atoms with Crippen molar-refractivity contribution in [2.75, 3.05) is 0 Å². The number of Topliss-reactive ketones (excluding diaryl/α,β-unsaturated/α-hetero) is 1. The lowest BCUT2D eigenvalue weighted by Gasteiger charge is -2.29. The van der Waals surface area contributed by atoms with Crippen molar-refractivity contribution in [3.8, 4) is 12.1 Å². The fourth-order valence-electron chi connectivity index (χ4n) is 2.60. The van der Waals surface area contributed by atoms with Gasteiger partial charge in [0, 0.05) is 12.3 Å². The zero-order chi connectivity index (χ0) is 15.3. The molecule has 0 aromatic heterocycles. The van der Waals surface area contributed by atoms with E-state index in [0.717, 1.165) is 19.3 Å². The highest BCUT2D eigenvalue weighted by atomic mass is 16.1. The number of hydrogen-bond acceptors (Lipinski definition) is 3. The Kier molecular flexibility index (Phi) is 5.52. The molecule has 3 nitrogen and oxygen atoms in total. The summed E-state index contributed by atoms with van der Waals surface area (Å²) >= 11 is 0. The highest BCUT2D eigenvalue weighted by molar-refractivity contribution is 5.81. The molecule has 0 aromatic carbocycles. The highest BCUT2D eigenvalue weighted by Gasteiger charge is 2.34. The zero-order valence-corrected chi connectivity index (χ0v) is 12.9. The Hall–Kier alpha value is -1.61. The quantitative estimate of drug-likeness (QED) is 0.626. The second-order valence-corrected chi connectivity index (χ2v) is 6.66. The Balaban J connectivity index is 3.09. The molecule has 108 valence electrons.